The zero-order valence-electron chi connectivity index (χ0n) is 12.3. The van der Waals surface area contributed by atoms with E-state index in [1.54, 1.807) is 0 Å². The fourth-order valence-corrected chi connectivity index (χ4v) is 3.64. The van der Waals surface area contributed by atoms with Crippen LogP contribution in [-0.4, -0.2) is 6.29 Å². The molecular weight excluding hydrogens is 232 g/mol. The Morgan fingerprint density at radius 2 is 2.21 bits per heavy atom. The van der Waals surface area contributed by atoms with Gasteiger partial charge in [0, 0.05) is 5.56 Å². The predicted octanol–water partition coefficient (Wildman–Crippen LogP) is 5.21. The van der Waals surface area contributed by atoms with Crippen LogP contribution in [0.15, 0.2) is 24.3 Å². The fourth-order valence-electron chi connectivity index (χ4n) is 3.64. The Balaban J connectivity index is 2.05. The van der Waals surface area contributed by atoms with E-state index in [1.165, 1.54) is 44.1 Å². The average molecular weight is 258 g/mol. The molecule has 1 aromatic carbocycles. The molecule has 1 aliphatic rings. The summed E-state index contributed by atoms with van der Waals surface area (Å²) in [4.78, 5) is 10.9. The van der Waals surface area contributed by atoms with Gasteiger partial charge in [-0.25, -0.2) is 0 Å². The number of rotatable bonds is 5. The van der Waals surface area contributed by atoms with Crippen molar-refractivity contribution >= 4 is 6.29 Å². The lowest BCUT2D eigenvalue weighted by Crippen LogP contribution is -2.20. The molecule has 0 radical (unpaired) electrons. The second-order valence-electron chi connectivity index (χ2n) is 6.16. The van der Waals surface area contributed by atoms with Crippen LogP contribution < -0.4 is 0 Å². The minimum absolute atomic E-state index is 0.583. The summed E-state index contributed by atoms with van der Waals surface area (Å²) in [5.41, 5.74) is 2.15. The van der Waals surface area contributed by atoms with E-state index in [4.69, 9.17) is 0 Å². The van der Waals surface area contributed by atoms with Crippen LogP contribution in [0.25, 0.3) is 0 Å². The molecule has 19 heavy (non-hydrogen) atoms. The van der Waals surface area contributed by atoms with Crippen molar-refractivity contribution in [1.82, 2.24) is 0 Å². The highest BCUT2D eigenvalue weighted by Gasteiger charge is 2.26. The van der Waals surface area contributed by atoms with Crippen LogP contribution >= 0.6 is 0 Å². The van der Waals surface area contributed by atoms with Gasteiger partial charge in [-0.2, -0.15) is 0 Å². The van der Waals surface area contributed by atoms with Crippen LogP contribution in [0.3, 0.4) is 0 Å². The topological polar surface area (TPSA) is 17.1 Å². The molecule has 0 N–H and O–H groups in total. The number of carbonyl (C=O) groups is 1. The second-order valence-corrected chi connectivity index (χ2v) is 6.16. The molecule has 0 amide bonds. The van der Waals surface area contributed by atoms with Crippen molar-refractivity contribution < 1.29 is 4.79 Å². The van der Waals surface area contributed by atoms with E-state index >= 15 is 0 Å². The SMILES string of the molecule is CCCC1CCCC(C(C)c2cccc(C=O)c2)C1. The summed E-state index contributed by atoms with van der Waals surface area (Å²) in [7, 11) is 0. The quantitative estimate of drug-likeness (QED) is 0.663. The van der Waals surface area contributed by atoms with E-state index < -0.39 is 0 Å². The zero-order valence-corrected chi connectivity index (χ0v) is 12.3. The summed E-state index contributed by atoms with van der Waals surface area (Å²) < 4.78 is 0. The lowest BCUT2D eigenvalue weighted by atomic mass is 9.72. The molecule has 1 nitrogen and oxygen atoms in total. The molecule has 2 rings (SSSR count). The van der Waals surface area contributed by atoms with Crippen molar-refractivity contribution in [2.75, 3.05) is 0 Å². The first-order valence-electron chi connectivity index (χ1n) is 7.79. The number of aldehydes is 1. The van der Waals surface area contributed by atoms with Gasteiger partial charge in [-0.3, -0.25) is 4.79 Å². The molecule has 1 aliphatic carbocycles. The van der Waals surface area contributed by atoms with Gasteiger partial charge in [0.2, 0.25) is 0 Å². The summed E-state index contributed by atoms with van der Waals surface area (Å²) in [6.07, 6.45) is 9.19. The number of carbonyl (C=O) groups excluding carboxylic acids is 1. The molecule has 0 spiro atoms. The van der Waals surface area contributed by atoms with Crippen LogP contribution in [0.1, 0.15) is 74.2 Å². The van der Waals surface area contributed by atoms with Gasteiger partial charge in [-0.1, -0.05) is 57.7 Å². The fraction of sp³-hybridized carbons (Fsp3) is 0.611. The molecule has 0 aromatic heterocycles. The van der Waals surface area contributed by atoms with Crippen LogP contribution in [0.2, 0.25) is 0 Å². The molecule has 0 heterocycles. The van der Waals surface area contributed by atoms with Gasteiger partial charge < -0.3 is 0 Å². The van der Waals surface area contributed by atoms with Gasteiger partial charge in [0.1, 0.15) is 6.29 Å². The van der Waals surface area contributed by atoms with E-state index in [9.17, 15) is 4.79 Å². The zero-order chi connectivity index (χ0) is 13.7. The number of benzene rings is 1. The first-order chi connectivity index (χ1) is 9.24. The summed E-state index contributed by atoms with van der Waals surface area (Å²) >= 11 is 0. The maximum Gasteiger partial charge on any atom is 0.150 e. The molecule has 0 aliphatic heterocycles. The van der Waals surface area contributed by atoms with Crippen molar-refractivity contribution in [3.63, 3.8) is 0 Å². The Hall–Kier alpha value is -1.11. The largest absolute Gasteiger partial charge is 0.298 e. The molecule has 1 heteroatoms. The van der Waals surface area contributed by atoms with E-state index in [2.05, 4.69) is 26.0 Å². The highest BCUT2D eigenvalue weighted by Crippen LogP contribution is 2.39. The Morgan fingerprint density at radius 1 is 1.37 bits per heavy atom. The Morgan fingerprint density at radius 3 is 2.95 bits per heavy atom. The van der Waals surface area contributed by atoms with E-state index in [0.29, 0.717) is 5.92 Å². The van der Waals surface area contributed by atoms with Crippen molar-refractivity contribution in [2.24, 2.45) is 11.8 Å². The monoisotopic (exact) mass is 258 g/mol. The van der Waals surface area contributed by atoms with Crippen LogP contribution in [-0.2, 0) is 0 Å². The average Bonchev–Trinajstić information content (AvgIpc) is 2.47. The standard InChI is InChI=1S/C18H26O/c1-3-6-15-7-4-9-17(11-15)14(2)18-10-5-8-16(12-18)13-19/h5,8,10,12-15,17H,3-4,6-7,9,11H2,1-2H3. The molecule has 1 fully saturated rings. The molecule has 1 aromatic rings. The first-order valence-corrected chi connectivity index (χ1v) is 7.79. The molecule has 0 bridgehead atoms. The summed E-state index contributed by atoms with van der Waals surface area (Å²) in [6, 6.07) is 8.16. The highest BCUT2D eigenvalue weighted by atomic mass is 16.1. The maximum absolute atomic E-state index is 10.9. The molecule has 104 valence electrons. The Kier molecular flexibility index (Phi) is 5.18. The van der Waals surface area contributed by atoms with Gasteiger partial charge in [-0.05, 0) is 42.2 Å². The van der Waals surface area contributed by atoms with E-state index in [1.807, 2.05) is 12.1 Å². The van der Waals surface area contributed by atoms with Gasteiger partial charge in [0.15, 0.2) is 0 Å². The van der Waals surface area contributed by atoms with E-state index in [0.717, 1.165) is 23.7 Å². The second kappa shape index (κ2) is 6.88. The van der Waals surface area contributed by atoms with Gasteiger partial charge >= 0.3 is 0 Å². The maximum atomic E-state index is 10.9. The van der Waals surface area contributed by atoms with Gasteiger partial charge in [-0.15, -0.1) is 0 Å². The van der Waals surface area contributed by atoms with Crippen molar-refractivity contribution in [1.29, 1.82) is 0 Å². The number of hydrogen-bond acceptors (Lipinski definition) is 1. The Bertz CT molecular complexity index is 408. The smallest absolute Gasteiger partial charge is 0.150 e. The minimum Gasteiger partial charge on any atom is -0.298 e. The normalized spacial score (nSPS) is 24.9. The summed E-state index contributed by atoms with van der Waals surface area (Å²) in [5, 5.41) is 0. The van der Waals surface area contributed by atoms with Crippen molar-refractivity contribution in [2.45, 2.75) is 58.3 Å². The van der Waals surface area contributed by atoms with Crippen LogP contribution in [0, 0.1) is 11.8 Å². The van der Waals surface area contributed by atoms with E-state index in [-0.39, 0.29) is 0 Å². The third-order valence-corrected chi connectivity index (χ3v) is 4.80. The highest BCUT2D eigenvalue weighted by molar-refractivity contribution is 5.75. The molecule has 3 unspecified atom stereocenters. The van der Waals surface area contributed by atoms with Gasteiger partial charge in [0.05, 0.1) is 0 Å². The lowest BCUT2D eigenvalue weighted by molar-refractivity contribution is 0.112. The van der Waals surface area contributed by atoms with Crippen LogP contribution in [0.4, 0.5) is 0 Å². The molecular formula is C18H26O. The van der Waals surface area contributed by atoms with Gasteiger partial charge in [0.25, 0.3) is 0 Å². The molecule has 3 atom stereocenters. The van der Waals surface area contributed by atoms with Crippen molar-refractivity contribution in [3.8, 4) is 0 Å². The number of hydrogen-bond donors (Lipinski definition) is 0. The third kappa shape index (κ3) is 3.68. The predicted molar refractivity (Wildman–Crippen MR) is 80.6 cm³/mol. The summed E-state index contributed by atoms with van der Waals surface area (Å²) in [5.74, 6) is 2.31. The first kappa shape index (κ1) is 14.3. The molecule has 0 saturated heterocycles. The summed E-state index contributed by atoms with van der Waals surface area (Å²) in [6.45, 7) is 4.63. The third-order valence-electron chi connectivity index (χ3n) is 4.80. The lowest BCUT2D eigenvalue weighted by Gasteiger charge is -2.33. The Labute approximate surface area is 117 Å². The van der Waals surface area contributed by atoms with Crippen LogP contribution in [0.5, 0.6) is 0 Å². The minimum atomic E-state index is 0.583. The van der Waals surface area contributed by atoms with Crippen molar-refractivity contribution in [3.05, 3.63) is 35.4 Å². The molecule has 1 saturated carbocycles.